The lowest BCUT2D eigenvalue weighted by molar-refractivity contribution is 0.325. The molecule has 0 aromatic carbocycles. The predicted octanol–water partition coefficient (Wildman–Crippen LogP) is 0.365. The van der Waals surface area contributed by atoms with Crippen molar-refractivity contribution in [1.29, 1.82) is 0 Å². The largest absolute Gasteiger partial charge is 0.303 e. The van der Waals surface area contributed by atoms with Crippen LogP contribution >= 0.6 is 0 Å². The Morgan fingerprint density at radius 1 is 1.33 bits per heavy atom. The van der Waals surface area contributed by atoms with Gasteiger partial charge in [0.15, 0.2) is 0 Å². The average Bonchev–Trinajstić information content (AvgIpc) is 2.46. The summed E-state index contributed by atoms with van der Waals surface area (Å²) in [4.78, 5) is 2.48. The van der Waals surface area contributed by atoms with E-state index in [2.05, 4.69) is 4.90 Å². The molecule has 0 amide bonds. The molecule has 2 nitrogen and oxygen atoms in total. The number of rotatable bonds is 1. The number of piperidine rings is 1. The third kappa shape index (κ3) is 0.700. The van der Waals surface area contributed by atoms with E-state index in [-0.39, 0.29) is 0 Å². The van der Waals surface area contributed by atoms with Crippen LogP contribution in [-0.2, 0) is 0 Å². The molecule has 2 saturated heterocycles. The van der Waals surface area contributed by atoms with Crippen molar-refractivity contribution in [2.75, 3.05) is 26.2 Å². The minimum Gasteiger partial charge on any atom is -0.303 e. The fraction of sp³-hybridized carbons (Fsp3) is 1.00. The molecule has 2 heteroatoms. The van der Waals surface area contributed by atoms with Crippen LogP contribution in [0.1, 0.15) is 12.8 Å². The molecular weight excluding hydrogens is 112 g/mol. The highest BCUT2D eigenvalue weighted by molar-refractivity contribution is 4.96. The van der Waals surface area contributed by atoms with E-state index in [1.165, 1.54) is 32.5 Å². The predicted molar refractivity (Wildman–Crippen MR) is 36.1 cm³/mol. The van der Waals surface area contributed by atoms with Crippen LogP contribution in [0.4, 0.5) is 0 Å². The van der Waals surface area contributed by atoms with Gasteiger partial charge in [0.2, 0.25) is 0 Å². The number of nitrogens with one attached hydrogen (secondary N) is 1. The molecule has 2 bridgehead atoms. The van der Waals surface area contributed by atoms with Crippen LogP contribution in [-0.4, -0.2) is 31.1 Å². The Morgan fingerprint density at radius 3 is 2.22 bits per heavy atom. The first kappa shape index (κ1) is 5.69. The Bertz CT molecular complexity index is 114. The molecule has 0 aromatic rings. The van der Waals surface area contributed by atoms with E-state index < -0.39 is 0 Å². The first-order chi connectivity index (χ1) is 4.35. The van der Waals surface area contributed by atoms with Crippen LogP contribution in [0, 0.1) is 5.41 Å². The Labute approximate surface area is 56.0 Å². The van der Waals surface area contributed by atoms with E-state index >= 15 is 0 Å². The maximum atomic E-state index is 7.35. The van der Waals surface area contributed by atoms with Crippen molar-refractivity contribution < 1.29 is 0 Å². The van der Waals surface area contributed by atoms with Gasteiger partial charge in [0.05, 0.1) is 0 Å². The van der Waals surface area contributed by atoms with Gasteiger partial charge < -0.3 is 4.90 Å². The van der Waals surface area contributed by atoms with E-state index in [4.69, 9.17) is 5.73 Å². The van der Waals surface area contributed by atoms with Crippen LogP contribution in [0.15, 0.2) is 0 Å². The van der Waals surface area contributed by atoms with Gasteiger partial charge in [0, 0.05) is 13.1 Å². The van der Waals surface area contributed by atoms with Crippen LogP contribution in [0.25, 0.3) is 0 Å². The Hall–Kier alpha value is -0.0800. The summed E-state index contributed by atoms with van der Waals surface area (Å²) in [6.07, 6.45) is 2.58. The van der Waals surface area contributed by atoms with Gasteiger partial charge in [-0.2, -0.15) is 0 Å². The van der Waals surface area contributed by atoms with Crippen molar-refractivity contribution in [3.8, 4) is 0 Å². The number of nitrogens with zero attached hydrogens (tertiary/aromatic N) is 1. The maximum Gasteiger partial charge on any atom is 0.0170 e. The molecule has 2 heterocycles. The SMILES string of the molecule is [NH]CC12CCN(CC1)C2. The molecule has 1 N–H and O–H groups in total. The molecule has 0 spiro atoms. The van der Waals surface area contributed by atoms with Crippen LogP contribution < -0.4 is 5.73 Å². The van der Waals surface area contributed by atoms with Crippen molar-refractivity contribution in [1.82, 2.24) is 10.6 Å². The molecule has 51 valence electrons. The highest BCUT2D eigenvalue weighted by Crippen LogP contribution is 2.39. The van der Waals surface area contributed by atoms with Crippen molar-refractivity contribution in [3.63, 3.8) is 0 Å². The Kier molecular flexibility index (Phi) is 1.08. The normalized spacial score (nSPS) is 48.3. The lowest BCUT2D eigenvalue weighted by Gasteiger charge is -2.21. The van der Waals surface area contributed by atoms with E-state index in [1.54, 1.807) is 0 Å². The molecule has 9 heavy (non-hydrogen) atoms. The smallest absolute Gasteiger partial charge is 0.0170 e. The van der Waals surface area contributed by atoms with Gasteiger partial charge in [-0.15, -0.1) is 0 Å². The van der Waals surface area contributed by atoms with Gasteiger partial charge >= 0.3 is 0 Å². The summed E-state index contributed by atoms with van der Waals surface area (Å²) >= 11 is 0. The third-order valence-corrected chi connectivity index (χ3v) is 2.85. The summed E-state index contributed by atoms with van der Waals surface area (Å²) in [7, 11) is 0. The second-order valence-corrected chi connectivity index (χ2v) is 3.45. The lowest BCUT2D eigenvalue weighted by Crippen LogP contribution is -2.24. The molecule has 0 unspecified atom stereocenters. The molecule has 0 atom stereocenters. The van der Waals surface area contributed by atoms with Crippen molar-refractivity contribution in [2.45, 2.75) is 12.8 Å². The van der Waals surface area contributed by atoms with Gasteiger partial charge in [-0.25, -0.2) is 0 Å². The monoisotopic (exact) mass is 125 g/mol. The van der Waals surface area contributed by atoms with E-state index in [9.17, 15) is 0 Å². The van der Waals surface area contributed by atoms with Crippen LogP contribution in [0.3, 0.4) is 0 Å². The fourth-order valence-corrected chi connectivity index (χ4v) is 2.05. The van der Waals surface area contributed by atoms with Gasteiger partial charge in [-0.1, -0.05) is 0 Å². The topological polar surface area (TPSA) is 27.0 Å². The van der Waals surface area contributed by atoms with E-state index in [1.807, 2.05) is 0 Å². The molecule has 2 fully saturated rings. The number of hydrogen-bond donors (Lipinski definition) is 0. The molecule has 0 aromatic heterocycles. The van der Waals surface area contributed by atoms with Gasteiger partial charge in [-0.3, -0.25) is 5.73 Å². The summed E-state index contributed by atoms with van der Waals surface area (Å²) in [6, 6.07) is 0. The quantitative estimate of drug-likeness (QED) is 0.497. The summed E-state index contributed by atoms with van der Waals surface area (Å²) in [5.74, 6) is 0. The molecule has 1 radical (unpaired) electrons. The first-order valence-electron chi connectivity index (χ1n) is 3.72. The Morgan fingerprint density at radius 2 is 2.00 bits per heavy atom. The van der Waals surface area contributed by atoms with Crippen molar-refractivity contribution in [2.24, 2.45) is 5.41 Å². The van der Waals surface area contributed by atoms with Gasteiger partial charge in [0.1, 0.15) is 0 Å². The molecule has 0 aliphatic carbocycles. The molecule has 2 rings (SSSR count). The summed E-state index contributed by atoms with van der Waals surface area (Å²) in [5, 5.41) is 0. The molecule has 2 aliphatic heterocycles. The number of hydrogen-bond acceptors (Lipinski definition) is 1. The highest BCUT2D eigenvalue weighted by Gasteiger charge is 2.42. The summed E-state index contributed by atoms with van der Waals surface area (Å²) < 4.78 is 0. The minimum absolute atomic E-state index is 0.444. The zero-order valence-corrected chi connectivity index (χ0v) is 5.69. The number of fused-ring (bicyclic) bond motifs is 2. The van der Waals surface area contributed by atoms with Crippen LogP contribution in [0.5, 0.6) is 0 Å². The fourth-order valence-electron chi connectivity index (χ4n) is 2.05. The lowest BCUT2D eigenvalue weighted by atomic mass is 9.85. The highest BCUT2D eigenvalue weighted by atomic mass is 15.2. The minimum atomic E-state index is 0.444. The summed E-state index contributed by atoms with van der Waals surface area (Å²) in [6.45, 7) is 4.40. The van der Waals surface area contributed by atoms with Gasteiger partial charge in [-0.05, 0) is 31.3 Å². The zero-order valence-electron chi connectivity index (χ0n) is 5.69. The second kappa shape index (κ2) is 1.70. The van der Waals surface area contributed by atoms with Crippen molar-refractivity contribution >= 4 is 0 Å². The molecule has 0 saturated carbocycles. The zero-order chi connectivity index (χ0) is 6.32. The summed E-state index contributed by atoms with van der Waals surface area (Å²) in [5.41, 5.74) is 7.79. The average molecular weight is 125 g/mol. The Balaban J connectivity index is 2.13. The van der Waals surface area contributed by atoms with Crippen molar-refractivity contribution in [3.05, 3.63) is 0 Å². The van der Waals surface area contributed by atoms with E-state index in [0.29, 0.717) is 12.0 Å². The molecule has 2 aliphatic rings. The standard InChI is InChI=1S/C7H13N2/c8-5-7-1-3-9(6-7)4-2-7/h8H,1-6H2. The maximum absolute atomic E-state index is 7.35. The first-order valence-corrected chi connectivity index (χ1v) is 3.72. The second-order valence-electron chi connectivity index (χ2n) is 3.45. The van der Waals surface area contributed by atoms with Crippen LogP contribution in [0.2, 0.25) is 0 Å². The van der Waals surface area contributed by atoms with Gasteiger partial charge in [0.25, 0.3) is 0 Å². The van der Waals surface area contributed by atoms with E-state index in [0.717, 1.165) is 0 Å². The molecular formula is C7H13N2. The third-order valence-electron chi connectivity index (χ3n) is 2.85.